The smallest absolute Gasteiger partial charge is 0.0603 e. The van der Waals surface area contributed by atoms with E-state index in [0.29, 0.717) is 5.41 Å². The Balaban J connectivity index is 2.06. The highest BCUT2D eigenvalue weighted by Gasteiger charge is 2.54. The predicted octanol–water partition coefficient (Wildman–Crippen LogP) is 1.31. The molecule has 1 nitrogen and oxygen atoms in total. The lowest BCUT2D eigenvalue weighted by Crippen LogP contribution is -1.98. The first-order chi connectivity index (χ1) is 3.83. The minimum atomic E-state index is 0.0880. The second kappa shape index (κ2) is 1.27. The van der Waals surface area contributed by atoms with Crippen molar-refractivity contribution in [2.75, 3.05) is 0 Å². The van der Waals surface area contributed by atoms with Gasteiger partial charge in [0.15, 0.2) is 0 Å². The Morgan fingerprint density at radius 2 is 1.75 bits per heavy atom. The highest BCUT2D eigenvalue weighted by molar-refractivity contribution is 5.05. The first kappa shape index (κ1) is 4.80. The van der Waals surface area contributed by atoms with Crippen LogP contribution in [0.4, 0.5) is 0 Å². The largest absolute Gasteiger partial charge is 0.393 e. The number of rotatable bonds is 0. The molecule has 1 atom stereocenters. The van der Waals surface area contributed by atoms with Gasteiger partial charge in [-0.1, -0.05) is 12.8 Å². The molecule has 2 fully saturated rings. The monoisotopic (exact) mass is 112 g/mol. The molecule has 2 saturated carbocycles. The summed E-state index contributed by atoms with van der Waals surface area (Å²) in [5, 5.41) is 9.12. The Bertz CT molecular complexity index is 103. The molecule has 2 aliphatic carbocycles. The summed E-state index contributed by atoms with van der Waals surface area (Å²) in [6.07, 6.45) is 6.51. The van der Waals surface area contributed by atoms with E-state index in [-0.39, 0.29) is 6.10 Å². The van der Waals surface area contributed by atoms with Crippen LogP contribution in [0.3, 0.4) is 0 Å². The van der Waals surface area contributed by atoms with E-state index in [4.69, 9.17) is 5.11 Å². The fourth-order valence-corrected chi connectivity index (χ4v) is 1.94. The van der Waals surface area contributed by atoms with Crippen molar-refractivity contribution in [1.82, 2.24) is 0 Å². The molecule has 0 radical (unpaired) electrons. The molecule has 0 unspecified atom stereocenters. The Labute approximate surface area is 49.7 Å². The Morgan fingerprint density at radius 3 is 2.00 bits per heavy atom. The highest BCUT2D eigenvalue weighted by atomic mass is 16.3. The van der Waals surface area contributed by atoms with Crippen LogP contribution in [0.15, 0.2) is 0 Å². The van der Waals surface area contributed by atoms with Crippen molar-refractivity contribution >= 4 is 0 Å². The fraction of sp³-hybridized carbons (Fsp3) is 1.00. The third kappa shape index (κ3) is 0.455. The van der Waals surface area contributed by atoms with Gasteiger partial charge in [0.2, 0.25) is 0 Å². The van der Waals surface area contributed by atoms with E-state index in [1.165, 1.54) is 25.7 Å². The molecule has 2 aliphatic rings. The van der Waals surface area contributed by atoms with Crippen LogP contribution in [-0.2, 0) is 0 Å². The van der Waals surface area contributed by atoms with Crippen LogP contribution in [-0.4, -0.2) is 11.2 Å². The van der Waals surface area contributed by atoms with Crippen molar-refractivity contribution in [3.8, 4) is 0 Å². The van der Waals surface area contributed by atoms with Crippen LogP contribution >= 0.6 is 0 Å². The Kier molecular flexibility index (Phi) is 0.762. The van der Waals surface area contributed by atoms with Crippen molar-refractivity contribution < 1.29 is 5.11 Å². The Morgan fingerprint density at radius 1 is 1.25 bits per heavy atom. The lowest BCUT2D eigenvalue weighted by molar-refractivity contribution is 0.221. The summed E-state index contributed by atoms with van der Waals surface area (Å²) in [7, 11) is 0. The zero-order chi connectivity index (χ0) is 5.61. The van der Waals surface area contributed by atoms with E-state index in [0.717, 1.165) is 6.42 Å². The minimum absolute atomic E-state index is 0.0880. The molecule has 2 rings (SSSR count). The summed E-state index contributed by atoms with van der Waals surface area (Å²) in [4.78, 5) is 0. The maximum Gasteiger partial charge on any atom is 0.0603 e. The summed E-state index contributed by atoms with van der Waals surface area (Å²) >= 11 is 0. The quantitative estimate of drug-likeness (QED) is 0.501. The average Bonchev–Trinajstić information content (AvgIpc) is 2.29. The van der Waals surface area contributed by atoms with Crippen LogP contribution in [0.25, 0.3) is 0 Å². The predicted molar refractivity (Wildman–Crippen MR) is 31.5 cm³/mol. The molecule has 1 heteroatoms. The van der Waals surface area contributed by atoms with Crippen LogP contribution in [0.5, 0.6) is 0 Å². The topological polar surface area (TPSA) is 20.2 Å². The van der Waals surface area contributed by atoms with Crippen LogP contribution in [0, 0.1) is 5.41 Å². The average molecular weight is 112 g/mol. The SMILES string of the molecule is O[C@H]1CC12CCCC2. The van der Waals surface area contributed by atoms with E-state index in [2.05, 4.69) is 0 Å². The lowest BCUT2D eigenvalue weighted by atomic mass is 10.1. The van der Waals surface area contributed by atoms with Crippen molar-refractivity contribution in [2.24, 2.45) is 5.41 Å². The van der Waals surface area contributed by atoms with E-state index >= 15 is 0 Å². The molecule has 1 spiro atoms. The van der Waals surface area contributed by atoms with E-state index < -0.39 is 0 Å². The van der Waals surface area contributed by atoms with Crippen molar-refractivity contribution in [3.05, 3.63) is 0 Å². The summed E-state index contributed by atoms with van der Waals surface area (Å²) < 4.78 is 0. The first-order valence-corrected chi connectivity index (χ1v) is 3.52. The van der Waals surface area contributed by atoms with Gasteiger partial charge in [0.25, 0.3) is 0 Å². The molecule has 8 heavy (non-hydrogen) atoms. The minimum Gasteiger partial charge on any atom is -0.393 e. The van der Waals surface area contributed by atoms with E-state index in [1.54, 1.807) is 0 Å². The van der Waals surface area contributed by atoms with Crippen LogP contribution in [0.1, 0.15) is 32.1 Å². The molecule has 46 valence electrons. The van der Waals surface area contributed by atoms with Gasteiger partial charge in [-0.3, -0.25) is 0 Å². The Hall–Kier alpha value is -0.0400. The van der Waals surface area contributed by atoms with Gasteiger partial charge in [-0.2, -0.15) is 0 Å². The van der Waals surface area contributed by atoms with Gasteiger partial charge in [0.1, 0.15) is 0 Å². The molecule has 0 aromatic heterocycles. The van der Waals surface area contributed by atoms with Crippen LogP contribution < -0.4 is 0 Å². The van der Waals surface area contributed by atoms with Crippen molar-refractivity contribution in [1.29, 1.82) is 0 Å². The summed E-state index contributed by atoms with van der Waals surface area (Å²) in [6, 6.07) is 0. The molecule has 0 aromatic rings. The molecule has 0 bridgehead atoms. The molecule has 0 saturated heterocycles. The second-order valence-electron chi connectivity index (χ2n) is 3.29. The molecule has 0 amide bonds. The van der Waals surface area contributed by atoms with E-state index in [9.17, 15) is 0 Å². The number of hydrogen-bond donors (Lipinski definition) is 1. The maximum atomic E-state index is 9.12. The normalized spacial score (nSPS) is 40.9. The number of hydrogen-bond acceptors (Lipinski definition) is 1. The lowest BCUT2D eigenvalue weighted by Gasteiger charge is -2.00. The summed E-state index contributed by atoms with van der Waals surface area (Å²) in [5.74, 6) is 0. The highest BCUT2D eigenvalue weighted by Crippen LogP contribution is 2.57. The first-order valence-electron chi connectivity index (χ1n) is 3.52. The van der Waals surface area contributed by atoms with Crippen LogP contribution in [0.2, 0.25) is 0 Å². The summed E-state index contributed by atoms with van der Waals surface area (Å²) in [6.45, 7) is 0. The fourth-order valence-electron chi connectivity index (χ4n) is 1.94. The van der Waals surface area contributed by atoms with Gasteiger partial charge in [0, 0.05) is 0 Å². The standard InChI is InChI=1S/C7H12O/c8-6-5-7(6)3-1-2-4-7/h6,8H,1-5H2/t6-/m0/s1. The molecule has 0 aromatic carbocycles. The second-order valence-corrected chi connectivity index (χ2v) is 3.29. The van der Waals surface area contributed by atoms with Crippen molar-refractivity contribution in [2.45, 2.75) is 38.2 Å². The molecule has 1 N–H and O–H groups in total. The van der Waals surface area contributed by atoms with Gasteiger partial charge in [0.05, 0.1) is 6.10 Å². The number of aliphatic hydroxyl groups excluding tert-OH is 1. The molecular weight excluding hydrogens is 100 g/mol. The summed E-state index contributed by atoms with van der Waals surface area (Å²) in [5.41, 5.74) is 0.458. The third-order valence-electron chi connectivity index (χ3n) is 2.75. The van der Waals surface area contributed by atoms with Gasteiger partial charge < -0.3 is 5.11 Å². The van der Waals surface area contributed by atoms with Gasteiger partial charge in [-0.05, 0) is 24.7 Å². The van der Waals surface area contributed by atoms with Gasteiger partial charge >= 0.3 is 0 Å². The molecule has 0 aliphatic heterocycles. The van der Waals surface area contributed by atoms with E-state index in [1.807, 2.05) is 0 Å². The molecular formula is C7H12O. The number of aliphatic hydroxyl groups is 1. The van der Waals surface area contributed by atoms with Gasteiger partial charge in [-0.15, -0.1) is 0 Å². The zero-order valence-electron chi connectivity index (χ0n) is 5.06. The molecule has 0 heterocycles. The van der Waals surface area contributed by atoms with Crippen molar-refractivity contribution in [3.63, 3.8) is 0 Å². The van der Waals surface area contributed by atoms with Gasteiger partial charge in [-0.25, -0.2) is 0 Å². The zero-order valence-corrected chi connectivity index (χ0v) is 5.06. The third-order valence-corrected chi connectivity index (χ3v) is 2.75. The maximum absolute atomic E-state index is 9.12.